The lowest BCUT2D eigenvalue weighted by Crippen LogP contribution is -2.37. The number of carboxylic acid groups (broad SMARTS) is 1. The summed E-state index contributed by atoms with van der Waals surface area (Å²) >= 11 is 0. The van der Waals surface area contributed by atoms with Crippen molar-refractivity contribution in [1.82, 2.24) is 5.32 Å². The van der Waals surface area contributed by atoms with Gasteiger partial charge in [0.15, 0.2) is 0 Å². The van der Waals surface area contributed by atoms with Crippen LogP contribution in [0.3, 0.4) is 0 Å². The Kier molecular flexibility index (Phi) is 4.32. The fourth-order valence-electron chi connectivity index (χ4n) is 1.33. The number of carbonyl (C=O) groups is 2. The van der Waals surface area contributed by atoms with Crippen molar-refractivity contribution >= 4 is 12.4 Å². The predicted octanol–water partition coefficient (Wildman–Crippen LogP) is 0.437. The van der Waals surface area contributed by atoms with E-state index >= 15 is 0 Å². The molecule has 1 rings (SSSR count). The highest BCUT2D eigenvalue weighted by Crippen LogP contribution is 2.13. The first-order valence-corrected chi connectivity index (χ1v) is 4.72. The van der Waals surface area contributed by atoms with Crippen molar-refractivity contribution in [2.24, 2.45) is 0 Å². The Morgan fingerprint density at radius 2 is 2.38 bits per heavy atom. The molecule has 16 heavy (non-hydrogen) atoms. The third-order valence-electron chi connectivity index (χ3n) is 2.14. The lowest BCUT2D eigenvalue weighted by atomic mass is 10.1. The lowest BCUT2D eigenvalue weighted by molar-refractivity contribution is -0.140. The second-order valence-electron chi connectivity index (χ2n) is 3.23. The zero-order chi connectivity index (χ0) is 12.0. The Balaban J connectivity index is 2.76. The van der Waals surface area contributed by atoms with Gasteiger partial charge in [0, 0.05) is 6.42 Å². The minimum absolute atomic E-state index is 0.227. The van der Waals surface area contributed by atoms with E-state index < -0.39 is 12.0 Å². The summed E-state index contributed by atoms with van der Waals surface area (Å²) in [5.74, 6) is -0.400. The van der Waals surface area contributed by atoms with Gasteiger partial charge in [0.05, 0.1) is 7.11 Å². The summed E-state index contributed by atoms with van der Waals surface area (Å²) in [5.41, 5.74) is 0.793. The Morgan fingerprint density at radius 1 is 1.62 bits per heavy atom. The molecular formula is C11H13NO4. The van der Waals surface area contributed by atoms with Crippen LogP contribution in [0.4, 0.5) is 0 Å². The van der Waals surface area contributed by atoms with Crippen molar-refractivity contribution in [3.8, 4) is 5.75 Å². The van der Waals surface area contributed by atoms with E-state index in [1.807, 2.05) is 0 Å². The number of rotatable bonds is 6. The maximum absolute atomic E-state index is 10.8. The van der Waals surface area contributed by atoms with Crippen molar-refractivity contribution < 1.29 is 19.4 Å². The lowest BCUT2D eigenvalue weighted by Gasteiger charge is -2.11. The van der Waals surface area contributed by atoms with E-state index in [1.165, 1.54) is 7.11 Å². The van der Waals surface area contributed by atoms with E-state index in [0.29, 0.717) is 12.2 Å². The SMILES string of the molecule is COc1cccc(C[C@H](NC=O)C(=O)O)c1. The average Bonchev–Trinajstić information content (AvgIpc) is 2.28. The van der Waals surface area contributed by atoms with Gasteiger partial charge >= 0.3 is 5.97 Å². The molecule has 2 N–H and O–H groups in total. The highest BCUT2D eigenvalue weighted by atomic mass is 16.5. The molecule has 5 heteroatoms. The zero-order valence-corrected chi connectivity index (χ0v) is 8.84. The molecule has 0 aliphatic heterocycles. The number of benzene rings is 1. The fraction of sp³-hybridized carbons (Fsp3) is 0.273. The molecule has 0 unspecified atom stereocenters. The summed E-state index contributed by atoms with van der Waals surface area (Å²) in [6.07, 6.45) is 0.615. The summed E-state index contributed by atoms with van der Waals surface area (Å²) in [4.78, 5) is 21.0. The van der Waals surface area contributed by atoms with E-state index in [2.05, 4.69) is 5.32 Å². The summed E-state index contributed by atoms with van der Waals surface area (Å²) in [6, 6.07) is 6.15. The van der Waals surface area contributed by atoms with Crippen LogP contribution in [0.2, 0.25) is 0 Å². The number of hydrogen-bond acceptors (Lipinski definition) is 3. The van der Waals surface area contributed by atoms with Gasteiger partial charge in [0.2, 0.25) is 6.41 Å². The van der Waals surface area contributed by atoms with Crippen LogP contribution < -0.4 is 10.1 Å². The number of nitrogens with one attached hydrogen (secondary N) is 1. The maximum atomic E-state index is 10.8. The fourth-order valence-corrected chi connectivity index (χ4v) is 1.33. The molecule has 0 radical (unpaired) electrons. The van der Waals surface area contributed by atoms with E-state index in [1.54, 1.807) is 24.3 Å². The third-order valence-corrected chi connectivity index (χ3v) is 2.14. The van der Waals surface area contributed by atoms with Gasteiger partial charge in [-0.2, -0.15) is 0 Å². The van der Waals surface area contributed by atoms with Crippen LogP contribution >= 0.6 is 0 Å². The van der Waals surface area contributed by atoms with Crippen molar-refractivity contribution in [3.63, 3.8) is 0 Å². The minimum atomic E-state index is -1.06. The van der Waals surface area contributed by atoms with Gasteiger partial charge in [-0.25, -0.2) is 4.79 Å². The Bertz CT molecular complexity index is 378. The van der Waals surface area contributed by atoms with E-state index in [4.69, 9.17) is 9.84 Å². The standard InChI is InChI=1S/C11H13NO4/c1-16-9-4-2-3-8(5-9)6-10(11(14)15)12-7-13/h2-5,7,10H,6H2,1H3,(H,12,13)(H,14,15)/t10-/m0/s1. The molecule has 0 aromatic heterocycles. The van der Waals surface area contributed by atoms with Crippen LogP contribution in [0, 0.1) is 0 Å². The van der Waals surface area contributed by atoms with Crippen LogP contribution in [0.25, 0.3) is 0 Å². The molecule has 86 valence electrons. The molecule has 0 saturated carbocycles. The van der Waals surface area contributed by atoms with Gasteiger partial charge in [-0.15, -0.1) is 0 Å². The Morgan fingerprint density at radius 3 is 2.94 bits per heavy atom. The van der Waals surface area contributed by atoms with E-state index in [0.717, 1.165) is 5.56 Å². The molecule has 0 spiro atoms. The van der Waals surface area contributed by atoms with Gasteiger partial charge in [-0.3, -0.25) is 4.79 Å². The van der Waals surface area contributed by atoms with Crippen LogP contribution in [-0.2, 0) is 16.0 Å². The Hall–Kier alpha value is -2.04. The minimum Gasteiger partial charge on any atom is -0.497 e. The number of amides is 1. The highest BCUT2D eigenvalue weighted by Gasteiger charge is 2.16. The molecule has 0 fully saturated rings. The van der Waals surface area contributed by atoms with Gasteiger partial charge in [-0.05, 0) is 17.7 Å². The first-order chi connectivity index (χ1) is 7.67. The molecule has 5 nitrogen and oxygen atoms in total. The molecule has 1 aromatic rings. The molecule has 1 amide bonds. The summed E-state index contributed by atoms with van der Waals surface area (Å²) in [5, 5.41) is 11.1. The monoisotopic (exact) mass is 223 g/mol. The van der Waals surface area contributed by atoms with Crippen LogP contribution in [0.5, 0.6) is 5.75 Å². The molecule has 1 atom stereocenters. The quantitative estimate of drug-likeness (QED) is 0.686. The van der Waals surface area contributed by atoms with Gasteiger partial charge in [0.1, 0.15) is 11.8 Å². The number of ether oxygens (including phenoxy) is 1. The molecule has 0 saturated heterocycles. The van der Waals surface area contributed by atoms with Crippen molar-refractivity contribution in [1.29, 1.82) is 0 Å². The van der Waals surface area contributed by atoms with Crippen LogP contribution in [-0.4, -0.2) is 30.6 Å². The topological polar surface area (TPSA) is 75.6 Å². The number of carboxylic acids is 1. The normalized spacial score (nSPS) is 11.6. The van der Waals surface area contributed by atoms with Crippen LogP contribution in [0.1, 0.15) is 5.56 Å². The van der Waals surface area contributed by atoms with E-state index in [-0.39, 0.29) is 6.42 Å². The summed E-state index contributed by atoms with van der Waals surface area (Å²) in [7, 11) is 1.54. The molecule has 0 bridgehead atoms. The van der Waals surface area contributed by atoms with Crippen molar-refractivity contribution in [2.45, 2.75) is 12.5 Å². The third kappa shape index (κ3) is 3.27. The average molecular weight is 223 g/mol. The molecule has 1 aromatic carbocycles. The molecule has 0 aliphatic rings. The highest BCUT2D eigenvalue weighted by molar-refractivity contribution is 5.76. The van der Waals surface area contributed by atoms with Crippen LogP contribution in [0.15, 0.2) is 24.3 Å². The second kappa shape index (κ2) is 5.75. The Labute approximate surface area is 93.0 Å². The number of hydrogen-bond donors (Lipinski definition) is 2. The number of carbonyl (C=O) groups excluding carboxylic acids is 1. The maximum Gasteiger partial charge on any atom is 0.326 e. The first-order valence-electron chi connectivity index (χ1n) is 4.72. The molecule has 0 aliphatic carbocycles. The molecular weight excluding hydrogens is 210 g/mol. The largest absolute Gasteiger partial charge is 0.497 e. The smallest absolute Gasteiger partial charge is 0.326 e. The van der Waals surface area contributed by atoms with Gasteiger partial charge in [0.25, 0.3) is 0 Å². The predicted molar refractivity (Wildman–Crippen MR) is 57.3 cm³/mol. The number of aliphatic carboxylic acids is 1. The number of methoxy groups -OCH3 is 1. The molecule has 0 heterocycles. The second-order valence-corrected chi connectivity index (χ2v) is 3.23. The summed E-state index contributed by atoms with van der Waals surface area (Å²) < 4.78 is 5.02. The van der Waals surface area contributed by atoms with Gasteiger partial charge < -0.3 is 15.2 Å². The summed E-state index contributed by atoms with van der Waals surface area (Å²) in [6.45, 7) is 0. The van der Waals surface area contributed by atoms with Crippen molar-refractivity contribution in [2.75, 3.05) is 7.11 Å². The zero-order valence-electron chi connectivity index (χ0n) is 8.84. The van der Waals surface area contributed by atoms with E-state index in [9.17, 15) is 9.59 Å². The van der Waals surface area contributed by atoms with Crippen molar-refractivity contribution in [3.05, 3.63) is 29.8 Å². The first kappa shape index (κ1) is 12.0. The van der Waals surface area contributed by atoms with Gasteiger partial charge in [-0.1, -0.05) is 12.1 Å².